The number of thiazole rings is 1. The minimum Gasteiger partial charge on any atom is -0.362 e. The summed E-state index contributed by atoms with van der Waals surface area (Å²) in [4.78, 5) is 4.54. The largest absolute Gasteiger partial charge is 0.362 e. The first kappa shape index (κ1) is 10.9. The number of halogens is 1. The van der Waals surface area contributed by atoms with Gasteiger partial charge in [-0.1, -0.05) is 18.3 Å². The van der Waals surface area contributed by atoms with E-state index < -0.39 is 0 Å². The molecule has 0 bridgehead atoms. The molecule has 0 saturated carbocycles. The third-order valence-corrected chi connectivity index (χ3v) is 3.81. The van der Waals surface area contributed by atoms with E-state index in [0.717, 1.165) is 28.1 Å². The lowest BCUT2D eigenvalue weighted by Crippen LogP contribution is -1.94. The summed E-state index contributed by atoms with van der Waals surface area (Å²) in [7, 11) is 0. The Labute approximate surface area is 102 Å². The molecule has 1 aromatic carbocycles. The van der Waals surface area contributed by atoms with Gasteiger partial charge in [-0.3, -0.25) is 0 Å². The fraction of sp³-hybridized carbons (Fsp3) is 0.364. The lowest BCUT2D eigenvalue weighted by atomic mass is 10.2. The van der Waals surface area contributed by atoms with Crippen LogP contribution in [0.4, 0.5) is 5.13 Å². The van der Waals surface area contributed by atoms with Gasteiger partial charge < -0.3 is 5.32 Å². The molecule has 0 unspecified atom stereocenters. The number of nitrogens with one attached hydrogen (secondary N) is 1. The van der Waals surface area contributed by atoms with E-state index in [0.29, 0.717) is 0 Å². The van der Waals surface area contributed by atoms with Crippen molar-refractivity contribution in [3.05, 3.63) is 22.2 Å². The first-order valence-electron chi connectivity index (χ1n) is 5.07. The second-order valence-electron chi connectivity index (χ2n) is 3.33. The molecule has 4 heteroatoms. The summed E-state index contributed by atoms with van der Waals surface area (Å²) in [5.41, 5.74) is 2.41. The zero-order chi connectivity index (χ0) is 10.8. The van der Waals surface area contributed by atoms with Gasteiger partial charge in [0.1, 0.15) is 0 Å². The Hall–Kier alpha value is -0.610. The number of anilines is 1. The number of aryl methyl sites for hydroxylation is 1. The maximum absolute atomic E-state index is 4.54. The number of rotatable bonds is 3. The molecule has 1 heterocycles. The van der Waals surface area contributed by atoms with Gasteiger partial charge in [0, 0.05) is 11.0 Å². The molecular weight excluding hydrogens is 272 g/mol. The predicted molar refractivity (Wildman–Crippen MR) is 70.9 cm³/mol. The predicted octanol–water partition coefficient (Wildman–Crippen LogP) is 4.05. The number of nitrogens with zero attached hydrogens (tertiary/aromatic N) is 1. The average Bonchev–Trinajstić information content (AvgIpc) is 2.61. The molecule has 2 aromatic rings. The molecule has 0 fully saturated rings. The standard InChI is InChI=1S/C11H13BrN2S/c1-3-7-5-8(12)10-9(6-7)15-11(14-10)13-4-2/h5-6H,3-4H2,1-2H3,(H,13,14). The molecule has 0 spiro atoms. The summed E-state index contributed by atoms with van der Waals surface area (Å²) in [6.07, 6.45) is 1.06. The Morgan fingerprint density at radius 1 is 1.40 bits per heavy atom. The average molecular weight is 285 g/mol. The smallest absolute Gasteiger partial charge is 0.183 e. The summed E-state index contributed by atoms with van der Waals surface area (Å²) < 4.78 is 2.34. The van der Waals surface area contributed by atoms with Crippen molar-refractivity contribution >= 4 is 42.6 Å². The van der Waals surface area contributed by atoms with E-state index in [1.54, 1.807) is 11.3 Å². The normalized spacial score (nSPS) is 10.9. The van der Waals surface area contributed by atoms with Crippen LogP contribution in [-0.2, 0) is 6.42 Å². The van der Waals surface area contributed by atoms with Crippen LogP contribution >= 0.6 is 27.3 Å². The Balaban J connectivity index is 2.54. The summed E-state index contributed by atoms with van der Waals surface area (Å²) in [5, 5.41) is 4.25. The summed E-state index contributed by atoms with van der Waals surface area (Å²) >= 11 is 5.28. The minimum atomic E-state index is 0.915. The van der Waals surface area contributed by atoms with Crippen LogP contribution in [0.25, 0.3) is 10.2 Å². The van der Waals surface area contributed by atoms with Crippen LogP contribution < -0.4 is 5.32 Å². The van der Waals surface area contributed by atoms with Gasteiger partial charge in [-0.25, -0.2) is 4.98 Å². The van der Waals surface area contributed by atoms with Gasteiger partial charge in [-0.05, 0) is 47.0 Å². The van der Waals surface area contributed by atoms with E-state index in [-0.39, 0.29) is 0 Å². The van der Waals surface area contributed by atoms with Crippen LogP contribution in [0.3, 0.4) is 0 Å². The highest BCUT2D eigenvalue weighted by atomic mass is 79.9. The maximum atomic E-state index is 4.54. The molecule has 80 valence electrons. The Kier molecular flexibility index (Phi) is 3.26. The second kappa shape index (κ2) is 4.49. The van der Waals surface area contributed by atoms with Crippen LogP contribution in [0.15, 0.2) is 16.6 Å². The molecule has 1 aromatic heterocycles. The van der Waals surface area contributed by atoms with E-state index in [9.17, 15) is 0 Å². The highest BCUT2D eigenvalue weighted by molar-refractivity contribution is 9.10. The number of hydrogen-bond acceptors (Lipinski definition) is 3. The highest BCUT2D eigenvalue weighted by Crippen LogP contribution is 2.32. The molecule has 2 nitrogen and oxygen atoms in total. The van der Waals surface area contributed by atoms with Crippen LogP contribution in [0.1, 0.15) is 19.4 Å². The molecule has 0 amide bonds. The van der Waals surface area contributed by atoms with Gasteiger partial charge in [0.15, 0.2) is 5.13 Å². The fourth-order valence-electron chi connectivity index (χ4n) is 1.47. The lowest BCUT2D eigenvalue weighted by Gasteiger charge is -1.97. The SMILES string of the molecule is CCNc1nc2c(Br)cc(CC)cc2s1. The molecule has 0 saturated heterocycles. The molecule has 2 rings (SSSR count). The molecular formula is C11H13BrN2S. The van der Waals surface area contributed by atoms with Crippen LogP contribution in [0.5, 0.6) is 0 Å². The van der Waals surface area contributed by atoms with Gasteiger partial charge in [-0.2, -0.15) is 0 Å². The fourth-order valence-corrected chi connectivity index (χ4v) is 3.22. The zero-order valence-electron chi connectivity index (χ0n) is 8.80. The van der Waals surface area contributed by atoms with E-state index >= 15 is 0 Å². The van der Waals surface area contributed by atoms with Crippen molar-refractivity contribution in [2.24, 2.45) is 0 Å². The van der Waals surface area contributed by atoms with Gasteiger partial charge >= 0.3 is 0 Å². The Morgan fingerprint density at radius 2 is 2.20 bits per heavy atom. The van der Waals surface area contributed by atoms with Gasteiger partial charge in [0.2, 0.25) is 0 Å². The Bertz CT molecular complexity index is 479. The van der Waals surface area contributed by atoms with Gasteiger partial charge in [0.05, 0.1) is 10.2 Å². The third-order valence-electron chi connectivity index (χ3n) is 2.24. The second-order valence-corrected chi connectivity index (χ2v) is 5.21. The van der Waals surface area contributed by atoms with E-state index in [4.69, 9.17) is 0 Å². The molecule has 1 N–H and O–H groups in total. The topological polar surface area (TPSA) is 24.9 Å². The maximum Gasteiger partial charge on any atom is 0.183 e. The zero-order valence-corrected chi connectivity index (χ0v) is 11.2. The number of fused-ring (bicyclic) bond motifs is 1. The molecule has 0 aliphatic rings. The van der Waals surface area contributed by atoms with Crippen molar-refractivity contribution < 1.29 is 0 Å². The molecule has 15 heavy (non-hydrogen) atoms. The van der Waals surface area contributed by atoms with Crippen molar-refractivity contribution in [1.29, 1.82) is 0 Å². The van der Waals surface area contributed by atoms with Gasteiger partial charge in [-0.15, -0.1) is 0 Å². The van der Waals surface area contributed by atoms with Crippen molar-refractivity contribution in [3.63, 3.8) is 0 Å². The number of benzene rings is 1. The summed E-state index contributed by atoms with van der Waals surface area (Å²) in [6.45, 7) is 5.16. The number of aromatic nitrogens is 1. The third kappa shape index (κ3) is 2.16. The van der Waals surface area contributed by atoms with Crippen LogP contribution in [0, 0.1) is 0 Å². The Morgan fingerprint density at radius 3 is 2.87 bits per heavy atom. The molecule has 0 atom stereocenters. The monoisotopic (exact) mass is 284 g/mol. The van der Waals surface area contributed by atoms with Crippen molar-refractivity contribution in [2.45, 2.75) is 20.3 Å². The van der Waals surface area contributed by atoms with E-state index in [1.165, 1.54) is 10.3 Å². The van der Waals surface area contributed by atoms with Gasteiger partial charge in [0.25, 0.3) is 0 Å². The van der Waals surface area contributed by atoms with Crippen LogP contribution in [0.2, 0.25) is 0 Å². The number of hydrogen-bond donors (Lipinski definition) is 1. The first-order chi connectivity index (χ1) is 7.24. The minimum absolute atomic E-state index is 0.915. The van der Waals surface area contributed by atoms with Crippen LogP contribution in [-0.4, -0.2) is 11.5 Å². The first-order valence-corrected chi connectivity index (χ1v) is 6.68. The molecule has 0 aliphatic carbocycles. The van der Waals surface area contributed by atoms with Crippen molar-refractivity contribution in [2.75, 3.05) is 11.9 Å². The quantitative estimate of drug-likeness (QED) is 0.920. The summed E-state index contributed by atoms with van der Waals surface area (Å²) in [6, 6.07) is 4.37. The van der Waals surface area contributed by atoms with E-state index in [1.807, 2.05) is 0 Å². The summed E-state index contributed by atoms with van der Waals surface area (Å²) in [5.74, 6) is 0. The van der Waals surface area contributed by atoms with E-state index in [2.05, 4.69) is 52.2 Å². The molecule has 0 aliphatic heterocycles. The lowest BCUT2D eigenvalue weighted by molar-refractivity contribution is 1.14. The highest BCUT2D eigenvalue weighted by Gasteiger charge is 2.07. The van der Waals surface area contributed by atoms with Crippen molar-refractivity contribution in [3.8, 4) is 0 Å². The molecule has 0 radical (unpaired) electrons. The van der Waals surface area contributed by atoms with Crippen molar-refractivity contribution in [1.82, 2.24) is 4.98 Å².